The molecule has 1 aromatic carbocycles. The van der Waals surface area contributed by atoms with Crippen molar-refractivity contribution in [2.45, 2.75) is 12.5 Å². The maximum Gasteiger partial charge on any atom is 0.326 e. The second kappa shape index (κ2) is 6.85. The number of rotatable bonds is 5. The number of urea groups is 1. The Morgan fingerprint density at radius 3 is 2.55 bits per heavy atom. The van der Waals surface area contributed by atoms with E-state index in [-0.39, 0.29) is 10.2 Å². The van der Waals surface area contributed by atoms with Gasteiger partial charge < -0.3 is 21.5 Å². The minimum Gasteiger partial charge on any atom is -0.480 e. The van der Waals surface area contributed by atoms with Crippen molar-refractivity contribution in [3.63, 3.8) is 0 Å². The number of primary amides is 1. The Hall–Kier alpha value is -2.16. The van der Waals surface area contributed by atoms with Crippen molar-refractivity contribution in [1.29, 1.82) is 0 Å². The summed E-state index contributed by atoms with van der Waals surface area (Å²) in [6, 6.07) is 1.26. The minimum atomic E-state index is -1.44. The van der Waals surface area contributed by atoms with Crippen LogP contribution in [0.1, 0.15) is 6.42 Å². The molecule has 9 heteroatoms. The fourth-order valence-electron chi connectivity index (χ4n) is 1.31. The summed E-state index contributed by atoms with van der Waals surface area (Å²) in [6.07, 6.45) is -0.534. The van der Waals surface area contributed by atoms with Gasteiger partial charge in [-0.1, -0.05) is 0 Å². The smallest absolute Gasteiger partial charge is 0.326 e. The van der Waals surface area contributed by atoms with E-state index in [1.54, 1.807) is 0 Å². The number of amides is 3. The van der Waals surface area contributed by atoms with Crippen molar-refractivity contribution in [3.8, 4) is 0 Å². The number of hydrogen-bond acceptors (Lipinski definition) is 3. The van der Waals surface area contributed by atoms with E-state index in [0.717, 1.165) is 12.1 Å². The van der Waals surface area contributed by atoms with Crippen LogP contribution in [0.25, 0.3) is 0 Å². The maximum absolute atomic E-state index is 12.9. The van der Waals surface area contributed by atoms with Gasteiger partial charge in [-0.05, 0) is 34.1 Å². The molecule has 0 aliphatic rings. The second-order valence-corrected chi connectivity index (χ2v) is 4.64. The molecule has 0 fully saturated rings. The van der Waals surface area contributed by atoms with E-state index >= 15 is 0 Å². The number of carboxylic acid groups (broad SMARTS) is 1. The molecule has 0 bridgehead atoms. The highest BCUT2D eigenvalue weighted by atomic mass is 79.9. The molecular formula is C11H11BrFN3O4. The molecule has 1 aromatic rings. The summed E-state index contributed by atoms with van der Waals surface area (Å²) in [6.45, 7) is 0. The Balaban J connectivity index is 2.70. The first-order valence-corrected chi connectivity index (χ1v) is 6.12. The molecule has 0 unspecified atom stereocenters. The van der Waals surface area contributed by atoms with Gasteiger partial charge in [-0.15, -0.1) is 0 Å². The Morgan fingerprint density at radius 2 is 2.05 bits per heavy atom. The average molecular weight is 348 g/mol. The third-order valence-corrected chi connectivity index (χ3v) is 2.84. The zero-order chi connectivity index (χ0) is 15.3. The minimum absolute atomic E-state index is 0.243. The van der Waals surface area contributed by atoms with Gasteiger partial charge in [0, 0.05) is 4.47 Å². The molecule has 20 heavy (non-hydrogen) atoms. The van der Waals surface area contributed by atoms with Crippen molar-refractivity contribution in [3.05, 3.63) is 28.5 Å². The monoisotopic (exact) mass is 347 g/mol. The quantitative estimate of drug-likeness (QED) is 0.635. The Labute approximate surface area is 121 Å². The number of benzene rings is 1. The standard InChI is InChI=1S/C11H11BrFN3O4/c12-6-3-5(13)1-2-7(6)15-11(20)16-8(10(18)19)4-9(14)17/h1-3,8H,4H2,(H2,14,17)(H,18,19)(H2,15,16,20)/t8-/m1/s1. The largest absolute Gasteiger partial charge is 0.480 e. The van der Waals surface area contributed by atoms with Gasteiger partial charge in [0.15, 0.2) is 0 Å². The van der Waals surface area contributed by atoms with Crippen LogP contribution in [0.4, 0.5) is 14.9 Å². The van der Waals surface area contributed by atoms with Crippen LogP contribution in [0.3, 0.4) is 0 Å². The Bertz CT molecular complexity index is 552. The summed E-state index contributed by atoms with van der Waals surface area (Å²) in [5.41, 5.74) is 5.12. The van der Waals surface area contributed by atoms with Gasteiger partial charge >= 0.3 is 12.0 Å². The van der Waals surface area contributed by atoms with Crippen LogP contribution < -0.4 is 16.4 Å². The zero-order valence-electron chi connectivity index (χ0n) is 10.0. The summed E-state index contributed by atoms with van der Waals surface area (Å²) in [7, 11) is 0. The number of carbonyl (C=O) groups excluding carboxylic acids is 2. The number of nitrogens with one attached hydrogen (secondary N) is 2. The first-order chi connectivity index (χ1) is 9.29. The molecule has 7 nitrogen and oxygen atoms in total. The van der Waals surface area contributed by atoms with Crippen LogP contribution in [-0.4, -0.2) is 29.1 Å². The van der Waals surface area contributed by atoms with Crippen molar-refractivity contribution in [2.24, 2.45) is 5.73 Å². The molecule has 108 valence electrons. The molecule has 0 heterocycles. The van der Waals surface area contributed by atoms with Crippen LogP contribution in [0.2, 0.25) is 0 Å². The molecule has 0 saturated carbocycles. The SMILES string of the molecule is NC(=O)C[C@@H](NC(=O)Nc1ccc(F)cc1Br)C(=O)O. The van der Waals surface area contributed by atoms with E-state index in [1.807, 2.05) is 0 Å². The number of aliphatic carboxylic acids is 1. The van der Waals surface area contributed by atoms with E-state index in [9.17, 15) is 18.8 Å². The van der Waals surface area contributed by atoms with Crippen LogP contribution in [0.5, 0.6) is 0 Å². The predicted molar refractivity (Wildman–Crippen MR) is 71.5 cm³/mol. The fourth-order valence-corrected chi connectivity index (χ4v) is 1.76. The van der Waals surface area contributed by atoms with Gasteiger partial charge in [-0.2, -0.15) is 0 Å². The van der Waals surface area contributed by atoms with Gasteiger partial charge in [0.05, 0.1) is 12.1 Å². The zero-order valence-corrected chi connectivity index (χ0v) is 11.6. The summed E-state index contributed by atoms with van der Waals surface area (Å²) < 4.78 is 13.1. The topological polar surface area (TPSA) is 122 Å². The lowest BCUT2D eigenvalue weighted by atomic mass is 10.2. The van der Waals surface area contributed by atoms with Crippen molar-refractivity contribution < 1.29 is 23.9 Å². The molecule has 0 radical (unpaired) electrons. The molecule has 0 aliphatic carbocycles. The Morgan fingerprint density at radius 1 is 1.40 bits per heavy atom. The van der Waals surface area contributed by atoms with Gasteiger partial charge in [-0.25, -0.2) is 14.0 Å². The maximum atomic E-state index is 12.9. The Kier molecular flexibility index (Phi) is 5.44. The van der Waals surface area contributed by atoms with Crippen LogP contribution in [-0.2, 0) is 9.59 Å². The number of anilines is 1. The lowest BCUT2D eigenvalue weighted by Crippen LogP contribution is -2.45. The van der Waals surface area contributed by atoms with Gasteiger partial charge in [-0.3, -0.25) is 4.79 Å². The first kappa shape index (κ1) is 15.9. The predicted octanol–water partition coefficient (Wildman–Crippen LogP) is 1.04. The van der Waals surface area contributed by atoms with Crippen LogP contribution in [0.15, 0.2) is 22.7 Å². The number of halogens is 2. The van der Waals surface area contributed by atoms with E-state index in [0.29, 0.717) is 0 Å². The highest BCUT2D eigenvalue weighted by molar-refractivity contribution is 9.10. The summed E-state index contributed by atoms with van der Waals surface area (Å²) in [4.78, 5) is 33.1. The lowest BCUT2D eigenvalue weighted by molar-refractivity contribution is -0.140. The third-order valence-electron chi connectivity index (χ3n) is 2.19. The third kappa shape index (κ3) is 4.84. The molecule has 1 rings (SSSR count). The van der Waals surface area contributed by atoms with Gasteiger partial charge in [0.2, 0.25) is 5.91 Å². The van der Waals surface area contributed by atoms with Gasteiger partial charge in [0.25, 0.3) is 0 Å². The normalized spacial score (nSPS) is 11.5. The molecule has 1 atom stereocenters. The van der Waals surface area contributed by atoms with E-state index in [1.165, 1.54) is 6.07 Å². The van der Waals surface area contributed by atoms with Crippen LogP contribution >= 0.6 is 15.9 Å². The highest BCUT2D eigenvalue weighted by Crippen LogP contribution is 2.22. The van der Waals surface area contributed by atoms with Crippen LogP contribution in [0, 0.1) is 5.82 Å². The number of nitrogens with two attached hydrogens (primary N) is 1. The summed E-state index contributed by atoms with van der Waals surface area (Å²) >= 11 is 3.04. The highest BCUT2D eigenvalue weighted by Gasteiger charge is 2.22. The molecular weight excluding hydrogens is 337 g/mol. The lowest BCUT2D eigenvalue weighted by Gasteiger charge is -2.14. The van der Waals surface area contributed by atoms with Crippen molar-refractivity contribution in [1.82, 2.24) is 5.32 Å². The summed E-state index contributed by atoms with van der Waals surface area (Å²) in [5, 5.41) is 13.2. The molecule has 5 N–H and O–H groups in total. The number of carboxylic acids is 1. The number of hydrogen-bond donors (Lipinski definition) is 4. The average Bonchev–Trinajstić information content (AvgIpc) is 2.31. The van der Waals surface area contributed by atoms with E-state index in [2.05, 4.69) is 26.6 Å². The fraction of sp³-hybridized carbons (Fsp3) is 0.182. The summed E-state index contributed by atoms with van der Waals surface area (Å²) in [5.74, 6) is -2.75. The molecule has 0 saturated heterocycles. The van der Waals surface area contributed by atoms with Crippen molar-refractivity contribution in [2.75, 3.05) is 5.32 Å². The van der Waals surface area contributed by atoms with E-state index < -0.39 is 36.2 Å². The van der Waals surface area contributed by atoms with Gasteiger partial charge in [0.1, 0.15) is 11.9 Å². The number of carbonyl (C=O) groups is 3. The molecule has 0 aromatic heterocycles. The second-order valence-electron chi connectivity index (χ2n) is 3.78. The van der Waals surface area contributed by atoms with E-state index in [4.69, 9.17) is 10.8 Å². The molecule has 0 spiro atoms. The molecule has 0 aliphatic heterocycles. The molecule has 3 amide bonds. The first-order valence-electron chi connectivity index (χ1n) is 5.33. The van der Waals surface area contributed by atoms with Crippen molar-refractivity contribution >= 4 is 39.5 Å².